The van der Waals surface area contributed by atoms with Crippen LogP contribution >= 0.6 is 23.1 Å². The molecule has 0 aliphatic carbocycles. The maximum Gasteiger partial charge on any atom is 0.259 e. The van der Waals surface area contributed by atoms with Crippen LogP contribution in [0.25, 0.3) is 10.2 Å². The van der Waals surface area contributed by atoms with Crippen LogP contribution in [0.1, 0.15) is 47.5 Å². The fourth-order valence-corrected chi connectivity index (χ4v) is 4.54. The van der Waals surface area contributed by atoms with Crippen LogP contribution in [0.3, 0.4) is 0 Å². The Balaban J connectivity index is 1.94. The summed E-state index contributed by atoms with van der Waals surface area (Å²) in [5.41, 5.74) is 1.49. The largest absolute Gasteiger partial charge is 0.309 e. The summed E-state index contributed by atoms with van der Waals surface area (Å²) in [5, 5.41) is 1.07. The summed E-state index contributed by atoms with van der Waals surface area (Å²) in [6.45, 7) is 7.92. The van der Waals surface area contributed by atoms with Crippen LogP contribution < -0.4 is 11.1 Å². The van der Waals surface area contributed by atoms with E-state index in [1.807, 2.05) is 27.7 Å². The zero-order valence-electron chi connectivity index (χ0n) is 14.6. The van der Waals surface area contributed by atoms with Gasteiger partial charge in [-0.25, -0.2) is 9.97 Å². The van der Waals surface area contributed by atoms with Gasteiger partial charge in [0, 0.05) is 16.6 Å². The second-order valence-electron chi connectivity index (χ2n) is 5.97. The summed E-state index contributed by atoms with van der Waals surface area (Å²) in [6, 6.07) is 1.53. The zero-order chi connectivity index (χ0) is 18.1. The Morgan fingerprint density at radius 2 is 2.00 bits per heavy atom. The Morgan fingerprint density at radius 1 is 1.24 bits per heavy atom. The third-order valence-corrected chi connectivity index (χ3v) is 6.10. The van der Waals surface area contributed by atoms with Gasteiger partial charge in [0.1, 0.15) is 10.7 Å². The number of nitrogens with zero attached hydrogens (tertiary/aromatic N) is 2. The number of nitrogens with one attached hydrogen (secondary N) is 2. The van der Waals surface area contributed by atoms with Gasteiger partial charge in [-0.1, -0.05) is 25.1 Å². The molecule has 1 unspecified atom stereocenters. The Kier molecular flexibility index (Phi) is 5.10. The highest BCUT2D eigenvalue weighted by Gasteiger charge is 2.17. The highest BCUT2D eigenvalue weighted by molar-refractivity contribution is 7.99. The number of hydrogen-bond acceptors (Lipinski definition) is 6. The lowest BCUT2D eigenvalue weighted by Crippen LogP contribution is -2.14. The van der Waals surface area contributed by atoms with Crippen molar-refractivity contribution in [3.8, 4) is 0 Å². The smallest absolute Gasteiger partial charge is 0.259 e. The molecular weight excluding hydrogens is 356 g/mol. The molecule has 0 fully saturated rings. The van der Waals surface area contributed by atoms with E-state index in [0.29, 0.717) is 16.4 Å². The first-order valence-corrected chi connectivity index (χ1v) is 9.85. The predicted molar refractivity (Wildman–Crippen MR) is 103 cm³/mol. The molecule has 0 saturated heterocycles. The normalized spacial score (nSPS) is 12.6. The number of aryl methyl sites for hydroxylation is 3. The number of H-pyrrole nitrogens is 2. The van der Waals surface area contributed by atoms with Crippen molar-refractivity contribution >= 4 is 33.3 Å². The highest BCUT2D eigenvalue weighted by Crippen LogP contribution is 2.32. The van der Waals surface area contributed by atoms with Crippen molar-refractivity contribution in [2.75, 3.05) is 0 Å². The fourth-order valence-electron chi connectivity index (χ4n) is 2.61. The van der Waals surface area contributed by atoms with E-state index in [0.717, 1.165) is 33.8 Å². The lowest BCUT2D eigenvalue weighted by Gasteiger charge is -2.10. The number of aromatic amines is 2. The number of thioether (sulfide) groups is 1. The molecule has 0 spiro atoms. The van der Waals surface area contributed by atoms with Crippen LogP contribution in [0.5, 0.6) is 0 Å². The maximum atomic E-state index is 12.4. The average molecular weight is 377 g/mol. The van der Waals surface area contributed by atoms with Crippen molar-refractivity contribution < 1.29 is 0 Å². The van der Waals surface area contributed by atoms with Gasteiger partial charge in [0.25, 0.3) is 11.1 Å². The number of hydrogen-bond donors (Lipinski definition) is 2. The summed E-state index contributed by atoms with van der Waals surface area (Å²) < 4.78 is 0. The Bertz CT molecular complexity index is 1040. The first-order valence-electron chi connectivity index (χ1n) is 8.15. The molecule has 6 nitrogen and oxygen atoms in total. The third-order valence-electron chi connectivity index (χ3n) is 4.01. The number of thiophene rings is 1. The molecule has 2 N–H and O–H groups in total. The minimum absolute atomic E-state index is 0.115. The van der Waals surface area contributed by atoms with E-state index in [1.54, 1.807) is 0 Å². The van der Waals surface area contributed by atoms with E-state index in [1.165, 1.54) is 29.2 Å². The topological polar surface area (TPSA) is 91.5 Å². The number of rotatable bonds is 5. The van der Waals surface area contributed by atoms with Gasteiger partial charge in [-0.05, 0) is 32.8 Å². The van der Waals surface area contributed by atoms with Gasteiger partial charge >= 0.3 is 0 Å². The lowest BCUT2D eigenvalue weighted by molar-refractivity contribution is 0.810. The molecule has 132 valence electrons. The maximum absolute atomic E-state index is 12.4. The molecule has 0 saturated carbocycles. The Hall–Kier alpha value is -1.93. The molecule has 25 heavy (non-hydrogen) atoms. The summed E-state index contributed by atoms with van der Waals surface area (Å²) in [5.74, 6) is 0.590. The van der Waals surface area contributed by atoms with Crippen molar-refractivity contribution in [1.82, 2.24) is 19.9 Å². The van der Waals surface area contributed by atoms with Crippen LogP contribution in [0.4, 0.5) is 0 Å². The first kappa shape index (κ1) is 17.9. The minimum Gasteiger partial charge on any atom is -0.309 e. The standard InChI is InChI=1S/C17H20N4O2S2/c1-5-6-11-7-12(22)19-17(18-11)25-10(4)14-20-15(23)13-8(2)9(3)24-16(13)21-14/h7,10H,5-6H2,1-4H3,(H,18,19,22)(H,20,21,23). The van der Waals surface area contributed by atoms with E-state index < -0.39 is 0 Å². The van der Waals surface area contributed by atoms with Gasteiger partial charge in [0.2, 0.25) is 0 Å². The molecule has 0 aliphatic heterocycles. The Labute approximate surface area is 153 Å². The van der Waals surface area contributed by atoms with Crippen LogP contribution in [-0.2, 0) is 6.42 Å². The van der Waals surface area contributed by atoms with Crippen molar-refractivity contribution in [3.05, 3.63) is 48.7 Å². The summed E-state index contributed by atoms with van der Waals surface area (Å²) in [4.78, 5) is 40.8. The molecule has 0 radical (unpaired) electrons. The molecule has 0 aliphatic rings. The molecule has 0 amide bonds. The SMILES string of the molecule is CCCc1cc(=O)[nH]c(SC(C)c2nc3sc(C)c(C)c3c(=O)[nH]2)n1. The van der Waals surface area contributed by atoms with Gasteiger partial charge in [-0.15, -0.1) is 11.3 Å². The number of aromatic nitrogens is 4. The molecular formula is C17H20N4O2S2. The van der Waals surface area contributed by atoms with Crippen molar-refractivity contribution in [3.63, 3.8) is 0 Å². The third kappa shape index (κ3) is 3.69. The lowest BCUT2D eigenvalue weighted by atomic mass is 10.2. The van der Waals surface area contributed by atoms with E-state index >= 15 is 0 Å². The van der Waals surface area contributed by atoms with E-state index in [9.17, 15) is 9.59 Å². The van der Waals surface area contributed by atoms with Gasteiger partial charge in [0.15, 0.2) is 5.16 Å². The van der Waals surface area contributed by atoms with Crippen LogP contribution in [0, 0.1) is 13.8 Å². The Morgan fingerprint density at radius 3 is 2.72 bits per heavy atom. The second kappa shape index (κ2) is 7.13. The molecule has 0 bridgehead atoms. The van der Waals surface area contributed by atoms with Crippen LogP contribution in [0.15, 0.2) is 20.8 Å². The van der Waals surface area contributed by atoms with Gasteiger partial charge < -0.3 is 9.97 Å². The molecule has 3 rings (SSSR count). The summed E-state index contributed by atoms with van der Waals surface area (Å²) in [7, 11) is 0. The summed E-state index contributed by atoms with van der Waals surface area (Å²) in [6.07, 6.45) is 1.69. The molecule has 3 heterocycles. The van der Waals surface area contributed by atoms with Crippen LogP contribution in [-0.4, -0.2) is 19.9 Å². The molecule has 1 atom stereocenters. The molecule has 3 aromatic rings. The van der Waals surface area contributed by atoms with Gasteiger partial charge in [0.05, 0.1) is 10.6 Å². The highest BCUT2D eigenvalue weighted by atomic mass is 32.2. The molecule has 0 aromatic carbocycles. The van der Waals surface area contributed by atoms with Crippen molar-refractivity contribution in [1.29, 1.82) is 0 Å². The van der Waals surface area contributed by atoms with E-state index in [-0.39, 0.29) is 16.4 Å². The van der Waals surface area contributed by atoms with Crippen molar-refractivity contribution in [2.45, 2.75) is 50.9 Å². The predicted octanol–water partition coefficient (Wildman–Crippen LogP) is 3.49. The van der Waals surface area contributed by atoms with E-state index in [4.69, 9.17) is 0 Å². The minimum atomic E-state index is -0.158. The molecule has 8 heteroatoms. The fraction of sp³-hybridized carbons (Fsp3) is 0.412. The van der Waals surface area contributed by atoms with Crippen molar-refractivity contribution in [2.24, 2.45) is 0 Å². The van der Waals surface area contributed by atoms with E-state index in [2.05, 4.69) is 19.9 Å². The summed E-state index contributed by atoms with van der Waals surface area (Å²) >= 11 is 2.91. The van der Waals surface area contributed by atoms with Gasteiger partial charge in [-0.3, -0.25) is 9.59 Å². The first-order chi connectivity index (χ1) is 11.9. The zero-order valence-corrected chi connectivity index (χ0v) is 16.2. The second-order valence-corrected chi connectivity index (χ2v) is 8.50. The average Bonchev–Trinajstić information content (AvgIpc) is 2.82. The van der Waals surface area contributed by atoms with Crippen LogP contribution in [0.2, 0.25) is 0 Å². The number of fused-ring (bicyclic) bond motifs is 1. The monoisotopic (exact) mass is 376 g/mol. The van der Waals surface area contributed by atoms with Gasteiger partial charge in [-0.2, -0.15) is 0 Å². The quantitative estimate of drug-likeness (QED) is 0.525. The molecule has 3 aromatic heterocycles.